The molecule has 0 radical (unpaired) electrons. The largest absolute Gasteiger partial charge is 0.412 e. The van der Waals surface area contributed by atoms with Gasteiger partial charge in [-0.3, -0.25) is 4.79 Å². The average Bonchev–Trinajstić information content (AvgIpc) is 2.42. The van der Waals surface area contributed by atoms with Crippen LogP contribution in [-0.2, 0) is 11.2 Å². The van der Waals surface area contributed by atoms with E-state index in [4.69, 9.17) is 0 Å². The van der Waals surface area contributed by atoms with E-state index in [0.717, 1.165) is 5.56 Å². The van der Waals surface area contributed by atoms with Crippen LogP contribution < -0.4 is 0 Å². The van der Waals surface area contributed by atoms with E-state index in [0.29, 0.717) is 18.6 Å². The molecule has 2 rings (SSSR count). The Hall–Kier alpha value is -1.93. The van der Waals surface area contributed by atoms with Gasteiger partial charge in [-0.1, -0.05) is 73.7 Å². The third kappa shape index (κ3) is 7.36. The molecular weight excluding hydrogens is 224 g/mol. The van der Waals surface area contributed by atoms with Crippen LogP contribution in [0.3, 0.4) is 0 Å². The zero-order chi connectivity index (χ0) is 12.3. The summed E-state index contributed by atoms with van der Waals surface area (Å²) in [5, 5.41) is 0. The number of Topliss-reactive ketones (excluding diaryl/α,β-unsaturated/α-hetero) is 1. The fourth-order valence-corrected chi connectivity index (χ4v) is 1.33. The number of rotatable bonds is 3. The highest BCUT2D eigenvalue weighted by molar-refractivity contribution is 5.80. The van der Waals surface area contributed by atoms with Gasteiger partial charge in [-0.05, 0) is 5.56 Å². The van der Waals surface area contributed by atoms with Crippen LogP contribution in [0.2, 0.25) is 0 Å². The predicted molar refractivity (Wildman–Crippen MR) is 75.5 cm³/mol. The molecule has 0 aromatic heterocycles. The number of hydrogen-bond acceptors (Lipinski definition) is 1. The molecule has 0 heterocycles. The number of carbonyl (C=O) groups excluding carboxylic acids is 1. The molecule has 0 bridgehead atoms. The number of ketones is 1. The van der Waals surface area contributed by atoms with Crippen LogP contribution in [0.5, 0.6) is 0 Å². The number of benzene rings is 2. The van der Waals surface area contributed by atoms with Gasteiger partial charge in [-0.15, -0.1) is 0 Å². The molecule has 0 aliphatic heterocycles. The summed E-state index contributed by atoms with van der Waals surface area (Å²) in [5.74, 6) is 0.302. The fraction of sp³-hybridized carbons (Fsp3) is 0.188. The lowest BCUT2D eigenvalue weighted by Crippen LogP contribution is -1.99. The summed E-state index contributed by atoms with van der Waals surface area (Å²) in [7, 11) is 0. The summed E-state index contributed by atoms with van der Waals surface area (Å²) in [4.78, 5) is 11.0. The Bertz CT molecular complexity index is 383. The molecule has 18 heavy (non-hydrogen) atoms. The molecular formula is C16H20O2. The van der Waals surface area contributed by atoms with E-state index in [2.05, 4.69) is 0 Å². The Kier molecular flexibility index (Phi) is 9.14. The zero-order valence-electron chi connectivity index (χ0n) is 10.7. The van der Waals surface area contributed by atoms with Gasteiger partial charge in [0.1, 0.15) is 5.78 Å². The Balaban J connectivity index is 0.000000352. The van der Waals surface area contributed by atoms with Crippen LogP contribution in [0.15, 0.2) is 66.7 Å². The molecule has 0 spiro atoms. The minimum Gasteiger partial charge on any atom is -0.412 e. The van der Waals surface area contributed by atoms with E-state index in [1.807, 2.05) is 73.7 Å². The van der Waals surface area contributed by atoms with Crippen molar-refractivity contribution in [2.45, 2.75) is 19.8 Å². The van der Waals surface area contributed by atoms with Gasteiger partial charge in [0.15, 0.2) is 0 Å². The second-order valence-corrected chi connectivity index (χ2v) is 3.71. The number of carbonyl (C=O) groups is 1. The highest BCUT2D eigenvalue weighted by Crippen LogP contribution is 2.00. The van der Waals surface area contributed by atoms with Gasteiger partial charge in [-0.2, -0.15) is 0 Å². The van der Waals surface area contributed by atoms with Crippen molar-refractivity contribution in [1.29, 1.82) is 0 Å². The molecule has 2 N–H and O–H groups in total. The van der Waals surface area contributed by atoms with Crippen LogP contribution in [-0.4, -0.2) is 11.3 Å². The van der Waals surface area contributed by atoms with Crippen molar-refractivity contribution in [3.8, 4) is 0 Å². The minimum absolute atomic E-state index is 0. The first-order chi connectivity index (χ1) is 8.33. The molecule has 0 aliphatic rings. The molecule has 0 saturated carbocycles. The van der Waals surface area contributed by atoms with Gasteiger partial charge in [0, 0.05) is 12.8 Å². The van der Waals surface area contributed by atoms with Crippen LogP contribution in [0.25, 0.3) is 0 Å². The van der Waals surface area contributed by atoms with Crippen molar-refractivity contribution in [2.24, 2.45) is 0 Å². The maximum atomic E-state index is 11.0. The lowest BCUT2D eigenvalue weighted by molar-refractivity contribution is -0.118. The topological polar surface area (TPSA) is 48.6 Å². The van der Waals surface area contributed by atoms with Gasteiger partial charge in [0.2, 0.25) is 0 Å². The van der Waals surface area contributed by atoms with Gasteiger partial charge in [0.25, 0.3) is 0 Å². The van der Waals surface area contributed by atoms with Crippen molar-refractivity contribution in [1.82, 2.24) is 0 Å². The normalized spacial score (nSPS) is 8.50. The molecule has 2 aromatic carbocycles. The van der Waals surface area contributed by atoms with Crippen LogP contribution in [0, 0.1) is 0 Å². The standard InChI is InChI=1S/C10H12O.C6H6.H2O/c1-2-10(11)8-9-6-4-3-5-7-9;1-2-4-6-5-3-1;/h3-7H,2,8H2,1H3;1-6H;1H2. The highest BCUT2D eigenvalue weighted by Gasteiger charge is 1.98. The Morgan fingerprint density at radius 2 is 1.22 bits per heavy atom. The minimum atomic E-state index is 0. The molecule has 2 nitrogen and oxygen atoms in total. The maximum Gasteiger partial charge on any atom is 0.136 e. The molecule has 2 heteroatoms. The molecule has 96 valence electrons. The van der Waals surface area contributed by atoms with E-state index in [9.17, 15) is 4.79 Å². The highest BCUT2D eigenvalue weighted by atomic mass is 16.1. The predicted octanol–water partition coefficient (Wildman–Crippen LogP) is 3.07. The average molecular weight is 244 g/mol. The van der Waals surface area contributed by atoms with Crippen molar-refractivity contribution >= 4 is 5.78 Å². The summed E-state index contributed by atoms with van der Waals surface area (Å²) < 4.78 is 0. The van der Waals surface area contributed by atoms with Crippen LogP contribution >= 0.6 is 0 Å². The lowest BCUT2D eigenvalue weighted by Gasteiger charge is -1.96. The summed E-state index contributed by atoms with van der Waals surface area (Å²) in [6.45, 7) is 1.89. The quantitative estimate of drug-likeness (QED) is 0.818. The molecule has 0 fully saturated rings. The Morgan fingerprint density at radius 1 is 0.833 bits per heavy atom. The van der Waals surface area contributed by atoms with Gasteiger partial charge in [-0.25, -0.2) is 0 Å². The smallest absolute Gasteiger partial charge is 0.136 e. The summed E-state index contributed by atoms with van der Waals surface area (Å²) in [5.41, 5.74) is 1.11. The van der Waals surface area contributed by atoms with Crippen LogP contribution in [0.4, 0.5) is 0 Å². The van der Waals surface area contributed by atoms with Crippen LogP contribution in [0.1, 0.15) is 18.9 Å². The molecule has 0 saturated heterocycles. The fourth-order valence-electron chi connectivity index (χ4n) is 1.33. The monoisotopic (exact) mass is 244 g/mol. The number of hydrogen-bond donors (Lipinski definition) is 0. The van der Waals surface area contributed by atoms with Gasteiger partial charge >= 0.3 is 0 Å². The summed E-state index contributed by atoms with van der Waals surface area (Å²) in [6.07, 6.45) is 1.21. The van der Waals surface area contributed by atoms with E-state index in [-0.39, 0.29) is 5.48 Å². The first-order valence-electron chi connectivity index (χ1n) is 5.88. The molecule has 0 aliphatic carbocycles. The lowest BCUT2D eigenvalue weighted by atomic mass is 10.1. The SMILES string of the molecule is CCC(=O)Cc1ccccc1.O.c1ccccc1. The molecule has 0 unspecified atom stereocenters. The van der Waals surface area contributed by atoms with Gasteiger partial charge < -0.3 is 5.48 Å². The Morgan fingerprint density at radius 3 is 1.61 bits per heavy atom. The first-order valence-corrected chi connectivity index (χ1v) is 5.88. The maximum absolute atomic E-state index is 11.0. The van der Waals surface area contributed by atoms with Crippen molar-refractivity contribution in [2.75, 3.05) is 0 Å². The summed E-state index contributed by atoms with van der Waals surface area (Å²) in [6, 6.07) is 21.8. The first kappa shape index (κ1) is 16.1. The zero-order valence-corrected chi connectivity index (χ0v) is 10.7. The van der Waals surface area contributed by atoms with E-state index < -0.39 is 0 Å². The van der Waals surface area contributed by atoms with Crippen molar-refractivity contribution in [3.05, 3.63) is 72.3 Å². The second-order valence-electron chi connectivity index (χ2n) is 3.71. The van der Waals surface area contributed by atoms with E-state index in [1.54, 1.807) is 0 Å². The third-order valence-corrected chi connectivity index (χ3v) is 2.31. The van der Waals surface area contributed by atoms with Gasteiger partial charge in [0.05, 0.1) is 0 Å². The summed E-state index contributed by atoms with van der Waals surface area (Å²) >= 11 is 0. The molecule has 0 atom stereocenters. The third-order valence-electron chi connectivity index (χ3n) is 2.31. The molecule has 0 amide bonds. The second kappa shape index (κ2) is 10.2. The molecule has 2 aromatic rings. The van der Waals surface area contributed by atoms with Crippen molar-refractivity contribution < 1.29 is 10.3 Å². The van der Waals surface area contributed by atoms with Crippen molar-refractivity contribution in [3.63, 3.8) is 0 Å². The Labute approximate surface area is 109 Å². The van der Waals surface area contributed by atoms with E-state index in [1.165, 1.54) is 0 Å². The van der Waals surface area contributed by atoms with E-state index >= 15 is 0 Å².